The average Bonchev–Trinajstić information content (AvgIpc) is 3.10. The summed E-state index contributed by atoms with van der Waals surface area (Å²) in [6.45, 7) is 2.70. The third-order valence-corrected chi connectivity index (χ3v) is 5.33. The van der Waals surface area contributed by atoms with Gasteiger partial charge in [0.1, 0.15) is 5.01 Å². The number of hydrogen-bond donors (Lipinski definition) is 1. The SMILES string of the molecule is Cc1csc(Cc2noc(CC3(CN)CCCCC3)n2)n1. The van der Waals surface area contributed by atoms with Crippen molar-refractivity contribution >= 4 is 11.3 Å². The van der Waals surface area contributed by atoms with E-state index >= 15 is 0 Å². The van der Waals surface area contributed by atoms with Gasteiger partial charge in [0.15, 0.2) is 5.82 Å². The third-order valence-electron chi connectivity index (χ3n) is 4.36. The van der Waals surface area contributed by atoms with Crippen molar-refractivity contribution in [3.05, 3.63) is 27.8 Å². The lowest BCUT2D eigenvalue weighted by Gasteiger charge is -2.34. The lowest BCUT2D eigenvalue weighted by Crippen LogP contribution is -2.35. The molecular formula is C15H22N4OS. The van der Waals surface area contributed by atoms with E-state index in [1.165, 1.54) is 32.1 Å². The van der Waals surface area contributed by atoms with E-state index in [1.54, 1.807) is 11.3 Å². The van der Waals surface area contributed by atoms with Crippen LogP contribution in [-0.4, -0.2) is 21.7 Å². The van der Waals surface area contributed by atoms with Crippen molar-refractivity contribution in [1.82, 2.24) is 15.1 Å². The van der Waals surface area contributed by atoms with Gasteiger partial charge in [-0.1, -0.05) is 24.4 Å². The number of thiazole rings is 1. The highest BCUT2D eigenvalue weighted by Crippen LogP contribution is 2.38. The fourth-order valence-electron chi connectivity index (χ4n) is 3.13. The molecule has 2 heterocycles. The Morgan fingerprint density at radius 1 is 1.29 bits per heavy atom. The van der Waals surface area contributed by atoms with E-state index < -0.39 is 0 Å². The zero-order chi connectivity index (χ0) is 14.7. The van der Waals surface area contributed by atoms with Crippen LogP contribution in [0.15, 0.2) is 9.90 Å². The first-order valence-electron chi connectivity index (χ1n) is 7.62. The monoisotopic (exact) mass is 306 g/mol. The van der Waals surface area contributed by atoms with Crippen LogP contribution in [0, 0.1) is 12.3 Å². The molecule has 3 rings (SSSR count). The fraction of sp³-hybridized carbons (Fsp3) is 0.667. The zero-order valence-electron chi connectivity index (χ0n) is 12.5. The molecule has 0 spiro atoms. The summed E-state index contributed by atoms with van der Waals surface area (Å²) in [6, 6.07) is 0. The molecule has 2 N–H and O–H groups in total. The minimum Gasteiger partial charge on any atom is -0.339 e. The topological polar surface area (TPSA) is 77.8 Å². The van der Waals surface area contributed by atoms with Crippen molar-refractivity contribution < 1.29 is 4.52 Å². The van der Waals surface area contributed by atoms with Gasteiger partial charge in [-0.05, 0) is 31.7 Å². The number of aromatic nitrogens is 3. The first-order valence-corrected chi connectivity index (χ1v) is 8.50. The molecule has 0 unspecified atom stereocenters. The Labute approximate surface area is 129 Å². The van der Waals surface area contributed by atoms with Gasteiger partial charge in [-0.2, -0.15) is 4.98 Å². The van der Waals surface area contributed by atoms with E-state index in [-0.39, 0.29) is 5.41 Å². The molecule has 0 aromatic carbocycles. The van der Waals surface area contributed by atoms with Crippen molar-refractivity contribution in [2.24, 2.45) is 11.1 Å². The van der Waals surface area contributed by atoms with Crippen LogP contribution in [0.4, 0.5) is 0 Å². The average molecular weight is 306 g/mol. The molecule has 2 aromatic rings. The Hall–Kier alpha value is -1.27. The van der Waals surface area contributed by atoms with Gasteiger partial charge in [0.2, 0.25) is 5.89 Å². The maximum atomic E-state index is 6.02. The molecular weight excluding hydrogens is 284 g/mol. The van der Waals surface area contributed by atoms with E-state index in [4.69, 9.17) is 10.3 Å². The minimum atomic E-state index is 0.166. The second-order valence-corrected chi connectivity index (χ2v) is 7.05. The minimum absolute atomic E-state index is 0.166. The number of aryl methyl sites for hydroxylation is 1. The molecule has 1 aliphatic carbocycles. The van der Waals surface area contributed by atoms with Crippen LogP contribution in [-0.2, 0) is 12.8 Å². The molecule has 5 nitrogen and oxygen atoms in total. The molecule has 1 fully saturated rings. The first-order chi connectivity index (χ1) is 10.2. The van der Waals surface area contributed by atoms with Crippen molar-refractivity contribution in [3.63, 3.8) is 0 Å². The Kier molecular flexibility index (Phi) is 4.35. The molecule has 21 heavy (non-hydrogen) atoms. The van der Waals surface area contributed by atoms with E-state index in [9.17, 15) is 0 Å². The number of nitrogens with zero attached hydrogens (tertiary/aromatic N) is 3. The molecule has 0 bridgehead atoms. The predicted molar refractivity (Wildman–Crippen MR) is 82.2 cm³/mol. The summed E-state index contributed by atoms with van der Waals surface area (Å²) in [5.74, 6) is 1.45. The summed E-state index contributed by atoms with van der Waals surface area (Å²) in [5.41, 5.74) is 7.23. The van der Waals surface area contributed by atoms with Gasteiger partial charge in [0, 0.05) is 17.5 Å². The molecule has 0 radical (unpaired) electrons. The summed E-state index contributed by atoms with van der Waals surface area (Å²) < 4.78 is 5.43. The Balaban J connectivity index is 1.66. The van der Waals surface area contributed by atoms with Gasteiger partial charge in [0.05, 0.1) is 6.42 Å². The molecule has 2 aromatic heterocycles. The third kappa shape index (κ3) is 3.49. The highest BCUT2D eigenvalue weighted by atomic mass is 32.1. The normalized spacial score (nSPS) is 18.0. The summed E-state index contributed by atoms with van der Waals surface area (Å²) in [7, 11) is 0. The molecule has 1 aliphatic rings. The summed E-state index contributed by atoms with van der Waals surface area (Å²) >= 11 is 1.64. The molecule has 6 heteroatoms. The zero-order valence-corrected chi connectivity index (χ0v) is 13.3. The Morgan fingerprint density at radius 3 is 2.76 bits per heavy atom. The lowest BCUT2D eigenvalue weighted by atomic mass is 9.72. The van der Waals surface area contributed by atoms with E-state index in [1.807, 2.05) is 12.3 Å². The summed E-state index contributed by atoms with van der Waals surface area (Å²) in [6.07, 6.45) is 7.65. The second-order valence-electron chi connectivity index (χ2n) is 6.11. The molecule has 0 atom stereocenters. The Bertz CT molecular complexity index is 586. The van der Waals surface area contributed by atoms with Crippen LogP contribution in [0.2, 0.25) is 0 Å². The predicted octanol–water partition coefficient (Wildman–Crippen LogP) is 2.88. The van der Waals surface area contributed by atoms with Crippen LogP contribution < -0.4 is 5.73 Å². The van der Waals surface area contributed by atoms with Crippen molar-refractivity contribution in [2.75, 3.05) is 6.54 Å². The van der Waals surface area contributed by atoms with Gasteiger partial charge >= 0.3 is 0 Å². The number of hydrogen-bond acceptors (Lipinski definition) is 6. The molecule has 0 saturated heterocycles. The van der Waals surface area contributed by atoms with Crippen LogP contribution in [0.3, 0.4) is 0 Å². The highest BCUT2D eigenvalue weighted by Gasteiger charge is 2.32. The second kappa shape index (κ2) is 6.23. The van der Waals surface area contributed by atoms with Gasteiger partial charge < -0.3 is 10.3 Å². The van der Waals surface area contributed by atoms with Gasteiger partial charge in [0.25, 0.3) is 0 Å². The van der Waals surface area contributed by atoms with Crippen LogP contribution in [0.25, 0.3) is 0 Å². The summed E-state index contributed by atoms with van der Waals surface area (Å²) in [4.78, 5) is 8.97. The fourth-order valence-corrected chi connectivity index (χ4v) is 3.90. The van der Waals surface area contributed by atoms with Crippen molar-refractivity contribution in [3.8, 4) is 0 Å². The quantitative estimate of drug-likeness (QED) is 0.919. The number of rotatable bonds is 5. The molecule has 1 saturated carbocycles. The molecule has 0 amide bonds. The van der Waals surface area contributed by atoms with Gasteiger partial charge in [-0.25, -0.2) is 4.98 Å². The van der Waals surface area contributed by atoms with Crippen molar-refractivity contribution in [2.45, 2.75) is 51.9 Å². The largest absolute Gasteiger partial charge is 0.339 e. The smallest absolute Gasteiger partial charge is 0.227 e. The number of nitrogens with two attached hydrogens (primary N) is 1. The van der Waals surface area contributed by atoms with Crippen molar-refractivity contribution in [1.29, 1.82) is 0 Å². The molecule has 0 aliphatic heterocycles. The Morgan fingerprint density at radius 2 is 2.10 bits per heavy atom. The highest BCUT2D eigenvalue weighted by molar-refractivity contribution is 7.09. The maximum Gasteiger partial charge on any atom is 0.227 e. The molecule has 114 valence electrons. The van der Waals surface area contributed by atoms with Crippen LogP contribution in [0.5, 0.6) is 0 Å². The van der Waals surface area contributed by atoms with Gasteiger partial charge in [-0.15, -0.1) is 11.3 Å². The lowest BCUT2D eigenvalue weighted by molar-refractivity contribution is 0.177. The first kappa shape index (κ1) is 14.7. The maximum absolute atomic E-state index is 6.02. The van der Waals surface area contributed by atoms with E-state index in [0.717, 1.165) is 28.8 Å². The standard InChI is InChI=1S/C15H22N4OS/c1-11-9-21-14(17-11)7-12-18-13(20-19-12)8-15(10-16)5-3-2-4-6-15/h9H,2-8,10,16H2,1H3. The van der Waals surface area contributed by atoms with Crippen LogP contribution >= 0.6 is 11.3 Å². The van der Waals surface area contributed by atoms with E-state index in [2.05, 4.69) is 15.1 Å². The van der Waals surface area contributed by atoms with Gasteiger partial charge in [-0.3, -0.25) is 0 Å². The summed E-state index contributed by atoms with van der Waals surface area (Å²) in [5, 5.41) is 7.17. The van der Waals surface area contributed by atoms with E-state index in [0.29, 0.717) is 13.0 Å². The van der Waals surface area contributed by atoms with Crippen LogP contribution in [0.1, 0.15) is 54.5 Å².